The third-order valence-electron chi connectivity index (χ3n) is 10.2. The summed E-state index contributed by atoms with van der Waals surface area (Å²) in [5.74, 6) is 0.875. The number of fused-ring (bicyclic) bond motifs is 1. The lowest BCUT2D eigenvalue weighted by atomic mass is 9.76. The van der Waals surface area contributed by atoms with E-state index in [0.717, 1.165) is 37.2 Å². The fourth-order valence-corrected chi connectivity index (χ4v) is 6.54. The summed E-state index contributed by atoms with van der Waals surface area (Å²) in [7, 11) is 3.58. The topological polar surface area (TPSA) is 144 Å². The van der Waals surface area contributed by atoms with Gasteiger partial charge in [-0.05, 0) is 119 Å². The molecule has 2 saturated heterocycles. The minimum atomic E-state index is -1.30. The summed E-state index contributed by atoms with van der Waals surface area (Å²) < 4.78 is 20.2. The Morgan fingerprint density at radius 1 is 1.10 bits per heavy atom. The van der Waals surface area contributed by atoms with Gasteiger partial charge in [-0.15, -0.1) is 0 Å². The number of piperidine rings is 1. The van der Waals surface area contributed by atoms with E-state index in [-0.39, 0.29) is 11.6 Å². The van der Waals surface area contributed by atoms with Crippen LogP contribution in [0.1, 0.15) is 101 Å². The second kappa shape index (κ2) is 13.5. The van der Waals surface area contributed by atoms with E-state index < -0.39 is 30.3 Å². The SMILES string of the molecule is Cc1c(B2OC(C)(C)C(C)(C)O2)c(CCc2cc(C(=O)c3nc4nc(N5CCC(N(C)C)CC5)ccc4[nH]3)ccn2)nn1C(O)OC(C)(C)C. The molecular formula is C36H51BN8O5. The molecule has 0 aromatic carbocycles. The second-order valence-corrected chi connectivity index (χ2v) is 15.7. The van der Waals surface area contributed by atoms with Crippen LogP contribution < -0.4 is 10.4 Å². The molecule has 0 saturated carbocycles. The second-order valence-electron chi connectivity index (χ2n) is 15.7. The fraction of sp³-hybridized carbons (Fsp3) is 0.583. The molecule has 6 heterocycles. The highest BCUT2D eigenvalue weighted by Gasteiger charge is 2.53. The number of aliphatic hydroxyl groups is 1. The summed E-state index contributed by atoms with van der Waals surface area (Å²) in [5.41, 5.74) is 2.85. The van der Waals surface area contributed by atoms with Crippen LogP contribution in [0.25, 0.3) is 11.2 Å². The van der Waals surface area contributed by atoms with Crippen molar-refractivity contribution in [3.8, 4) is 0 Å². The van der Waals surface area contributed by atoms with Crippen LogP contribution in [0, 0.1) is 6.92 Å². The van der Waals surface area contributed by atoms with Crippen molar-refractivity contribution in [2.45, 2.75) is 110 Å². The zero-order chi connectivity index (χ0) is 36.2. The highest BCUT2D eigenvalue weighted by Crippen LogP contribution is 2.37. The number of nitrogens with one attached hydrogen (secondary N) is 1. The van der Waals surface area contributed by atoms with Crippen LogP contribution in [0.2, 0.25) is 0 Å². The van der Waals surface area contributed by atoms with Crippen molar-refractivity contribution in [2.24, 2.45) is 0 Å². The number of carbonyl (C=O) groups is 1. The van der Waals surface area contributed by atoms with Gasteiger partial charge < -0.3 is 33.9 Å². The number of nitrogens with zero attached hydrogens (tertiary/aromatic N) is 7. The van der Waals surface area contributed by atoms with Gasteiger partial charge in [-0.25, -0.2) is 14.6 Å². The minimum absolute atomic E-state index is 0.235. The van der Waals surface area contributed by atoms with E-state index in [9.17, 15) is 9.90 Å². The molecule has 0 amide bonds. The van der Waals surface area contributed by atoms with Crippen molar-refractivity contribution in [3.63, 3.8) is 0 Å². The predicted molar refractivity (Wildman–Crippen MR) is 193 cm³/mol. The van der Waals surface area contributed by atoms with Crippen LogP contribution in [-0.2, 0) is 26.9 Å². The van der Waals surface area contributed by atoms with E-state index in [1.165, 1.54) is 4.68 Å². The average Bonchev–Trinajstić information content (AvgIpc) is 3.68. The Labute approximate surface area is 294 Å². The lowest BCUT2D eigenvalue weighted by Crippen LogP contribution is -2.42. The minimum Gasteiger partial charge on any atom is -0.399 e. The van der Waals surface area contributed by atoms with E-state index in [2.05, 4.69) is 38.8 Å². The molecule has 1 atom stereocenters. The van der Waals surface area contributed by atoms with Crippen molar-refractivity contribution in [3.05, 3.63) is 58.9 Å². The van der Waals surface area contributed by atoms with Gasteiger partial charge in [-0.1, -0.05) is 0 Å². The van der Waals surface area contributed by atoms with Gasteiger partial charge in [0.1, 0.15) is 5.82 Å². The highest BCUT2D eigenvalue weighted by atomic mass is 16.7. The van der Waals surface area contributed by atoms with Gasteiger partial charge in [0.2, 0.25) is 5.78 Å². The number of rotatable bonds is 10. The van der Waals surface area contributed by atoms with Crippen LogP contribution in [0.5, 0.6) is 0 Å². The number of H-pyrrole nitrogens is 1. The number of aromatic nitrogens is 6. The monoisotopic (exact) mass is 686 g/mol. The molecule has 0 radical (unpaired) electrons. The maximum atomic E-state index is 13.7. The van der Waals surface area contributed by atoms with E-state index in [4.69, 9.17) is 24.1 Å². The van der Waals surface area contributed by atoms with Gasteiger partial charge in [0.05, 0.1) is 28.0 Å². The first-order chi connectivity index (χ1) is 23.4. The molecule has 2 fully saturated rings. The first kappa shape index (κ1) is 36.1. The zero-order valence-corrected chi connectivity index (χ0v) is 31.1. The first-order valence-electron chi connectivity index (χ1n) is 17.5. The molecule has 4 aromatic heterocycles. The molecule has 2 aliphatic rings. The molecule has 14 heteroatoms. The van der Waals surface area contributed by atoms with Crippen LogP contribution in [0.15, 0.2) is 30.5 Å². The number of ether oxygens (including phenoxy) is 1. The van der Waals surface area contributed by atoms with Gasteiger partial charge in [0.15, 0.2) is 11.5 Å². The summed E-state index contributed by atoms with van der Waals surface area (Å²) in [5, 5.41) is 15.8. The Balaban J connectivity index is 1.20. The smallest absolute Gasteiger partial charge is 0.399 e. The number of carbonyl (C=O) groups excluding carboxylic acids is 1. The summed E-state index contributed by atoms with van der Waals surface area (Å²) in [6.45, 7) is 17.4. The van der Waals surface area contributed by atoms with E-state index in [0.29, 0.717) is 52.7 Å². The maximum Gasteiger partial charge on any atom is 0.498 e. The van der Waals surface area contributed by atoms with Crippen LogP contribution in [-0.4, -0.2) is 103 Å². The van der Waals surface area contributed by atoms with Gasteiger partial charge in [0.25, 0.3) is 6.41 Å². The number of hydrogen-bond acceptors (Lipinski definition) is 11. The fourth-order valence-electron chi connectivity index (χ4n) is 6.54. The number of aryl methyl sites for hydroxylation is 2. The van der Waals surface area contributed by atoms with Gasteiger partial charge in [-0.2, -0.15) is 5.10 Å². The summed E-state index contributed by atoms with van der Waals surface area (Å²) in [6.07, 6.45) is 3.44. The third-order valence-corrected chi connectivity index (χ3v) is 10.2. The molecule has 13 nitrogen and oxygen atoms in total. The Kier molecular flexibility index (Phi) is 9.72. The number of imidazole rings is 1. The largest absolute Gasteiger partial charge is 0.498 e. The molecule has 4 aromatic rings. The molecule has 268 valence electrons. The molecule has 0 bridgehead atoms. The van der Waals surface area contributed by atoms with Crippen LogP contribution in [0.3, 0.4) is 0 Å². The van der Waals surface area contributed by atoms with Gasteiger partial charge in [0, 0.05) is 47.7 Å². The maximum absolute atomic E-state index is 13.7. The number of pyridine rings is 2. The molecule has 2 N–H and O–H groups in total. The molecule has 1 unspecified atom stereocenters. The van der Waals surface area contributed by atoms with Crippen molar-refractivity contribution in [1.29, 1.82) is 0 Å². The van der Waals surface area contributed by atoms with Crippen LogP contribution in [0.4, 0.5) is 5.82 Å². The first-order valence-corrected chi connectivity index (χ1v) is 17.5. The summed E-state index contributed by atoms with van der Waals surface area (Å²) in [6, 6.07) is 8.00. The van der Waals surface area contributed by atoms with Crippen molar-refractivity contribution in [1.82, 2.24) is 34.6 Å². The Morgan fingerprint density at radius 2 is 1.78 bits per heavy atom. The van der Waals surface area contributed by atoms with Gasteiger partial charge in [-0.3, -0.25) is 9.78 Å². The number of hydrogen-bond donors (Lipinski definition) is 2. The molecule has 0 spiro atoms. The highest BCUT2D eigenvalue weighted by molar-refractivity contribution is 6.63. The Bertz CT molecular complexity index is 1840. The van der Waals surface area contributed by atoms with Crippen molar-refractivity contribution < 1.29 is 23.9 Å². The van der Waals surface area contributed by atoms with Crippen molar-refractivity contribution >= 4 is 35.3 Å². The Morgan fingerprint density at radius 3 is 2.42 bits per heavy atom. The van der Waals surface area contributed by atoms with Crippen LogP contribution >= 0.6 is 0 Å². The third kappa shape index (κ3) is 7.36. The molecule has 6 rings (SSSR count). The van der Waals surface area contributed by atoms with Crippen molar-refractivity contribution in [2.75, 3.05) is 32.1 Å². The van der Waals surface area contributed by atoms with Gasteiger partial charge >= 0.3 is 7.12 Å². The summed E-state index contributed by atoms with van der Waals surface area (Å²) >= 11 is 0. The van der Waals surface area contributed by atoms with E-state index in [1.807, 2.05) is 67.5 Å². The standard InChI is InChI=1S/C36H51BN8O5/c1-22-29(37-49-35(5,6)36(7,8)50-37)26(42-45(22)33(47)48-34(2,3)4)12-11-24-21-23(15-18-38-24)30(46)32-39-27-13-14-28(40-31(27)41-32)44-19-16-25(17-20-44)43(9)10/h13-15,18,21,25,33,47H,11-12,16-17,19-20H2,1-10H3,(H,39,40,41). The van der Waals surface area contributed by atoms with E-state index >= 15 is 0 Å². The number of anilines is 1. The molecular weight excluding hydrogens is 635 g/mol. The number of aliphatic hydroxyl groups excluding tert-OH is 1. The predicted octanol–water partition coefficient (Wildman–Crippen LogP) is 3.97. The Hall–Kier alpha value is -3.69. The molecule has 0 aliphatic carbocycles. The number of ketones is 1. The summed E-state index contributed by atoms with van der Waals surface area (Å²) in [4.78, 5) is 35.4. The lowest BCUT2D eigenvalue weighted by molar-refractivity contribution is -0.215. The average molecular weight is 687 g/mol. The molecule has 50 heavy (non-hydrogen) atoms. The number of aromatic amines is 1. The quantitative estimate of drug-likeness (QED) is 0.142. The van der Waals surface area contributed by atoms with E-state index in [1.54, 1.807) is 18.3 Å². The lowest BCUT2D eigenvalue weighted by Gasteiger charge is -2.35. The molecule has 2 aliphatic heterocycles. The normalized spacial score (nSPS) is 18.8. The zero-order valence-electron chi connectivity index (χ0n) is 31.1.